The number of nitrogens with one attached hydrogen (secondary N) is 2. The van der Waals surface area contributed by atoms with E-state index in [0.29, 0.717) is 13.0 Å². The molecular formula is C33H44FN3O2. The number of hydrogen-bond donors (Lipinski definition) is 3. The Kier molecular flexibility index (Phi) is 14.4. The summed E-state index contributed by atoms with van der Waals surface area (Å²) in [4.78, 5) is 0. The summed E-state index contributed by atoms with van der Waals surface area (Å²) in [6.45, 7) is 9.72. The quantitative estimate of drug-likeness (QED) is 0.168. The number of benzene rings is 3. The van der Waals surface area contributed by atoms with Gasteiger partial charge in [0.25, 0.3) is 0 Å². The van der Waals surface area contributed by atoms with Crippen molar-refractivity contribution in [1.29, 1.82) is 5.26 Å². The molecular weight excluding hydrogens is 489 g/mol. The van der Waals surface area contributed by atoms with Crippen LogP contribution in [0, 0.1) is 24.1 Å². The highest BCUT2D eigenvalue weighted by atomic mass is 19.1. The molecule has 0 aromatic heterocycles. The molecule has 39 heavy (non-hydrogen) atoms. The predicted octanol–water partition coefficient (Wildman–Crippen LogP) is 6.29. The van der Waals surface area contributed by atoms with Gasteiger partial charge in [0.2, 0.25) is 0 Å². The van der Waals surface area contributed by atoms with Gasteiger partial charge in [-0.1, -0.05) is 85.6 Å². The Hall–Kier alpha value is -3.08. The van der Waals surface area contributed by atoms with E-state index in [2.05, 4.69) is 48.7 Å². The smallest absolute Gasteiger partial charge is 0.160 e. The number of halogens is 1. The first kappa shape index (κ1) is 32.1. The summed E-state index contributed by atoms with van der Waals surface area (Å²) < 4.78 is 19.8. The molecule has 3 aromatic carbocycles. The lowest BCUT2D eigenvalue weighted by Crippen LogP contribution is -2.47. The van der Waals surface area contributed by atoms with Crippen LogP contribution in [-0.4, -0.2) is 36.1 Å². The third-order valence-electron chi connectivity index (χ3n) is 6.16. The van der Waals surface area contributed by atoms with Gasteiger partial charge in [0, 0.05) is 12.6 Å². The second-order valence-electron chi connectivity index (χ2n) is 10.3. The number of aliphatic hydroxyl groups is 1. The van der Waals surface area contributed by atoms with Crippen LogP contribution in [0.15, 0.2) is 78.9 Å². The minimum absolute atomic E-state index is 0.0355. The Bertz CT molecular complexity index is 1110. The second-order valence-corrected chi connectivity index (χ2v) is 10.3. The standard InChI is InChI=1S/C26H36FN3O2.C7H8/c1-4-5-14-29-15-13-25(32-26(2,3)31)24(17-20-9-7-6-8-10-20)30-19-21-11-12-23(27)22(16-21)18-28;1-7-5-3-2-4-6-7/h6-12,16,24-25,29-31H,4-5,13-15,17,19H2,1-3H3;2-6H,1H3. The molecule has 0 radical (unpaired) electrons. The number of nitriles is 1. The summed E-state index contributed by atoms with van der Waals surface area (Å²) in [5.74, 6) is -1.78. The molecule has 2 unspecified atom stereocenters. The molecule has 0 fully saturated rings. The largest absolute Gasteiger partial charge is 0.366 e. The Morgan fingerprint density at radius 2 is 1.64 bits per heavy atom. The highest BCUT2D eigenvalue weighted by Gasteiger charge is 2.28. The van der Waals surface area contributed by atoms with Crippen molar-refractivity contribution in [3.63, 3.8) is 0 Å². The van der Waals surface area contributed by atoms with Gasteiger partial charge in [-0.25, -0.2) is 4.39 Å². The molecule has 0 bridgehead atoms. The van der Waals surface area contributed by atoms with Gasteiger partial charge in [-0.15, -0.1) is 0 Å². The third-order valence-corrected chi connectivity index (χ3v) is 6.16. The summed E-state index contributed by atoms with van der Waals surface area (Å²) in [6, 6.07) is 26.8. The van der Waals surface area contributed by atoms with Crippen LogP contribution >= 0.6 is 0 Å². The van der Waals surface area contributed by atoms with Crippen LogP contribution in [0.2, 0.25) is 0 Å². The summed E-state index contributed by atoms with van der Waals surface area (Å²) in [7, 11) is 0. The molecule has 0 saturated heterocycles. The molecule has 0 heterocycles. The Balaban J connectivity index is 0.000000658. The molecule has 3 aromatic rings. The van der Waals surface area contributed by atoms with Gasteiger partial charge in [-0.3, -0.25) is 0 Å². The molecule has 2 atom stereocenters. The number of nitrogens with zero attached hydrogens (tertiary/aromatic N) is 1. The molecule has 0 spiro atoms. The van der Waals surface area contributed by atoms with Gasteiger partial charge in [-0.05, 0) is 76.4 Å². The normalized spacial score (nSPS) is 12.6. The van der Waals surface area contributed by atoms with Crippen molar-refractivity contribution < 1.29 is 14.2 Å². The van der Waals surface area contributed by atoms with E-state index in [1.165, 1.54) is 11.6 Å². The lowest BCUT2D eigenvalue weighted by atomic mass is 9.98. The van der Waals surface area contributed by atoms with E-state index in [0.717, 1.165) is 43.5 Å². The first-order chi connectivity index (χ1) is 18.7. The first-order valence-electron chi connectivity index (χ1n) is 13.8. The van der Waals surface area contributed by atoms with Gasteiger partial charge < -0.3 is 20.5 Å². The molecule has 5 nitrogen and oxygen atoms in total. The van der Waals surface area contributed by atoms with Crippen LogP contribution in [0.5, 0.6) is 0 Å². The SMILES string of the molecule is CCCCNCCC(OC(C)(C)O)C(Cc1ccccc1)NCc1ccc(F)c(C#N)c1.Cc1ccccc1. The molecule has 6 heteroatoms. The van der Waals surface area contributed by atoms with Crippen LogP contribution < -0.4 is 10.6 Å². The van der Waals surface area contributed by atoms with E-state index in [9.17, 15) is 9.50 Å². The number of hydrogen-bond acceptors (Lipinski definition) is 5. The Labute approximate surface area is 234 Å². The van der Waals surface area contributed by atoms with Crippen molar-refractivity contribution in [2.24, 2.45) is 0 Å². The average Bonchev–Trinajstić information content (AvgIpc) is 2.92. The predicted molar refractivity (Wildman–Crippen MR) is 157 cm³/mol. The number of rotatable bonds is 14. The highest BCUT2D eigenvalue weighted by Crippen LogP contribution is 2.18. The van der Waals surface area contributed by atoms with Crippen molar-refractivity contribution >= 4 is 0 Å². The third kappa shape index (κ3) is 13.5. The minimum atomic E-state index is -1.27. The molecule has 3 N–H and O–H groups in total. The topological polar surface area (TPSA) is 77.3 Å². The molecule has 0 saturated carbocycles. The van der Waals surface area contributed by atoms with Crippen LogP contribution in [-0.2, 0) is 17.7 Å². The van der Waals surface area contributed by atoms with E-state index >= 15 is 0 Å². The van der Waals surface area contributed by atoms with Gasteiger partial charge >= 0.3 is 0 Å². The van der Waals surface area contributed by atoms with Crippen LogP contribution in [0.1, 0.15) is 62.3 Å². The lowest BCUT2D eigenvalue weighted by molar-refractivity contribution is -0.212. The fourth-order valence-electron chi connectivity index (χ4n) is 4.14. The number of ether oxygens (including phenoxy) is 1. The van der Waals surface area contributed by atoms with Crippen LogP contribution in [0.25, 0.3) is 0 Å². The van der Waals surface area contributed by atoms with E-state index in [4.69, 9.17) is 10.00 Å². The lowest BCUT2D eigenvalue weighted by Gasteiger charge is -2.33. The van der Waals surface area contributed by atoms with E-state index < -0.39 is 11.6 Å². The summed E-state index contributed by atoms with van der Waals surface area (Å²) in [6.07, 6.45) is 3.44. The van der Waals surface area contributed by atoms with Crippen molar-refractivity contribution in [1.82, 2.24) is 10.6 Å². The zero-order chi connectivity index (χ0) is 28.5. The van der Waals surface area contributed by atoms with Gasteiger partial charge in [0.1, 0.15) is 11.9 Å². The molecule has 0 aliphatic carbocycles. The Morgan fingerprint density at radius 3 is 2.21 bits per heavy atom. The van der Waals surface area contributed by atoms with Gasteiger partial charge in [0.05, 0.1) is 11.7 Å². The highest BCUT2D eigenvalue weighted by molar-refractivity contribution is 5.34. The molecule has 0 amide bonds. The summed E-state index contributed by atoms with van der Waals surface area (Å²) >= 11 is 0. The zero-order valence-corrected chi connectivity index (χ0v) is 23.8. The van der Waals surface area contributed by atoms with Gasteiger partial charge in [-0.2, -0.15) is 5.26 Å². The van der Waals surface area contributed by atoms with E-state index in [-0.39, 0.29) is 17.7 Å². The van der Waals surface area contributed by atoms with Crippen molar-refractivity contribution in [2.45, 2.75) is 77.9 Å². The second kappa shape index (κ2) is 17.5. The molecule has 0 aliphatic rings. The molecule has 0 aliphatic heterocycles. The summed E-state index contributed by atoms with van der Waals surface area (Å²) in [5, 5.41) is 26.5. The molecule has 210 valence electrons. The maximum absolute atomic E-state index is 13.7. The van der Waals surface area contributed by atoms with Crippen LogP contribution in [0.3, 0.4) is 0 Å². The Morgan fingerprint density at radius 1 is 0.974 bits per heavy atom. The monoisotopic (exact) mass is 533 g/mol. The number of aryl methyl sites for hydroxylation is 1. The van der Waals surface area contributed by atoms with Crippen molar-refractivity contribution in [3.8, 4) is 6.07 Å². The van der Waals surface area contributed by atoms with Crippen LogP contribution in [0.4, 0.5) is 4.39 Å². The fraction of sp³-hybridized carbons (Fsp3) is 0.424. The van der Waals surface area contributed by atoms with Gasteiger partial charge in [0.15, 0.2) is 5.79 Å². The molecule has 3 rings (SSSR count). The van der Waals surface area contributed by atoms with E-state index in [1.54, 1.807) is 26.0 Å². The fourth-order valence-corrected chi connectivity index (χ4v) is 4.14. The van der Waals surface area contributed by atoms with Crippen molar-refractivity contribution in [3.05, 3.63) is 107 Å². The average molecular weight is 534 g/mol. The maximum atomic E-state index is 13.7. The summed E-state index contributed by atoms with van der Waals surface area (Å²) in [5.41, 5.74) is 3.34. The zero-order valence-electron chi connectivity index (χ0n) is 23.8. The number of unbranched alkanes of at least 4 members (excludes halogenated alkanes) is 1. The first-order valence-corrected chi connectivity index (χ1v) is 13.8. The van der Waals surface area contributed by atoms with E-state index in [1.807, 2.05) is 42.5 Å². The maximum Gasteiger partial charge on any atom is 0.160 e. The minimum Gasteiger partial charge on any atom is -0.366 e. The van der Waals surface area contributed by atoms with Crippen molar-refractivity contribution in [2.75, 3.05) is 13.1 Å².